The molecule has 2 atom stereocenters. The topological polar surface area (TPSA) is 26.4 Å². The average molecular weight is 424 g/mol. The van der Waals surface area contributed by atoms with Crippen LogP contribution >= 0.6 is 15.9 Å². The summed E-state index contributed by atoms with van der Waals surface area (Å²) in [5.41, 5.74) is 6.59. The van der Waals surface area contributed by atoms with Gasteiger partial charge in [-0.15, -0.1) is 0 Å². The Morgan fingerprint density at radius 2 is 2.04 bits per heavy atom. The van der Waals surface area contributed by atoms with Crippen LogP contribution in [0.4, 0.5) is 0 Å². The van der Waals surface area contributed by atoms with Gasteiger partial charge in [0.05, 0.1) is 18.8 Å². The van der Waals surface area contributed by atoms with Gasteiger partial charge in [0.15, 0.2) is 0 Å². The SMILES string of the molecule is Cc1ccc2c(c1)c1c3n2CC[NH+](CC(=O)c2ccc(Br)cc2)[C@@H]3CCC1. The molecule has 1 aliphatic heterocycles. The van der Waals surface area contributed by atoms with Crippen molar-refractivity contribution < 1.29 is 9.69 Å². The van der Waals surface area contributed by atoms with Crippen molar-refractivity contribution in [1.82, 2.24) is 4.57 Å². The molecule has 0 saturated heterocycles. The number of Topliss-reactive ketones (excluding diaryl/α,β-unsaturated/α-hetero) is 1. The van der Waals surface area contributed by atoms with Gasteiger partial charge in [-0.25, -0.2) is 0 Å². The first kappa shape index (κ1) is 17.2. The summed E-state index contributed by atoms with van der Waals surface area (Å²) in [5, 5.41) is 1.44. The number of hydrogen-bond acceptors (Lipinski definition) is 1. The number of aryl methyl sites for hydroxylation is 2. The number of quaternary nitrogens is 1. The van der Waals surface area contributed by atoms with Gasteiger partial charge in [0.2, 0.25) is 5.78 Å². The molecule has 2 aliphatic rings. The maximum atomic E-state index is 12.9. The Kier molecular flexibility index (Phi) is 4.21. The van der Waals surface area contributed by atoms with E-state index in [4.69, 9.17) is 0 Å². The van der Waals surface area contributed by atoms with Crippen molar-refractivity contribution in [3.8, 4) is 0 Å². The summed E-state index contributed by atoms with van der Waals surface area (Å²) in [4.78, 5) is 14.3. The van der Waals surface area contributed by atoms with E-state index < -0.39 is 0 Å². The molecule has 1 aliphatic carbocycles. The summed E-state index contributed by atoms with van der Waals surface area (Å²) in [6.07, 6.45) is 3.58. The molecule has 3 aromatic rings. The molecule has 1 aromatic heterocycles. The molecule has 0 fully saturated rings. The molecule has 0 amide bonds. The number of nitrogens with one attached hydrogen (secondary N) is 1. The van der Waals surface area contributed by atoms with Gasteiger partial charge in [-0.2, -0.15) is 0 Å². The summed E-state index contributed by atoms with van der Waals surface area (Å²) in [6.45, 7) is 4.80. The fraction of sp³-hybridized carbons (Fsp3) is 0.348. The Morgan fingerprint density at radius 3 is 2.85 bits per heavy atom. The second-order valence-electron chi connectivity index (χ2n) is 8.00. The molecular weight excluding hydrogens is 400 g/mol. The lowest BCUT2D eigenvalue weighted by Gasteiger charge is -2.36. The van der Waals surface area contributed by atoms with E-state index in [2.05, 4.69) is 45.6 Å². The Bertz CT molecular complexity index is 1030. The number of carbonyl (C=O) groups is 1. The first-order valence-corrected chi connectivity index (χ1v) is 10.7. The van der Waals surface area contributed by atoms with E-state index in [0.717, 1.165) is 23.1 Å². The van der Waals surface area contributed by atoms with Crippen LogP contribution < -0.4 is 4.90 Å². The molecule has 2 aromatic carbocycles. The van der Waals surface area contributed by atoms with Crippen molar-refractivity contribution in [3.63, 3.8) is 0 Å². The number of rotatable bonds is 3. The molecule has 0 saturated carbocycles. The zero-order chi connectivity index (χ0) is 18.5. The van der Waals surface area contributed by atoms with E-state index in [1.807, 2.05) is 24.3 Å². The van der Waals surface area contributed by atoms with Gasteiger partial charge < -0.3 is 9.47 Å². The minimum atomic E-state index is 0.255. The van der Waals surface area contributed by atoms with E-state index in [1.165, 1.54) is 46.3 Å². The van der Waals surface area contributed by atoms with Crippen molar-refractivity contribution in [2.75, 3.05) is 13.1 Å². The summed E-state index contributed by atoms with van der Waals surface area (Å²) >= 11 is 3.45. The fourth-order valence-electron chi connectivity index (χ4n) is 5.06. The molecule has 138 valence electrons. The van der Waals surface area contributed by atoms with Gasteiger partial charge in [-0.05, 0) is 49.6 Å². The molecule has 0 spiro atoms. The van der Waals surface area contributed by atoms with Crippen LogP contribution in [0, 0.1) is 6.92 Å². The predicted octanol–water partition coefficient (Wildman–Crippen LogP) is 3.87. The smallest absolute Gasteiger partial charge is 0.216 e. The number of aromatic nitrogens is 1. The molecule has 3 nitrogen and oxygen atoms in total. The monoisotopic (exact) mass is 423 g/mol. The second kappa shape index (κ2) is 6.61. The van der Waals surface area contributed by atoms with Crippen molar-refractivity contribution in [2.24, 2.45) is 0 Å². The molecule has 4 heteroatoms. The van der Waals surface area contributed by atoms with E-state index >= 15 is 0 Å². The van der Waals surface area contributed by atoms with Gasteiger partial charge in [0.25, 0.3) is 0 Å². The van der Waals surface area contributed by atoms with Crippen LogP contribution in [0.2, 0.25) is 0 Å². The number of fused-ring (bicyclic) bond motifs is 3. The minimum absolute atomic E-state index is 0.255. The third kappa shape index (κ3) is 2.86. The standard InChI is InChI=1S/C23H23BrN2O/c1-15-5-10-20-19(13-15)18-3-2-4-21-23(18)26(20)12-11-25(21)14-22(27)16-6-8-17(24)9-7-16/h5-10,13,21H,2-4,11-12,14H2,1H3/p+1/t21-/m1/s1. The highest BCUT2D eigenvalue weighted by Gasteiger charge is 2.38. The highest BCUT2D eigenvalue weighted by atomic mass is 79.9. The van der Waals surface area contributed by atoms with Crippen LogP contribution in [0.25, 0.3) is 10.9 Å². The maximum Gasteiger partial charge on any atom is 0.216 e. The van der Waals surface area contributed by atoms with Gasteiger partial charge >= 0.3 is 0 Å². The molecule has 0 radical (unpaired) electrons. The molecule has 0 bridgehead atoms. The Labute approximate surface area is 168 Å². The second-order valence-corrected chi connectivity index (χ2v) is 8.91. The zero-order valence-corrected chi connectivity index (χ0v) is 17.2. The maximum absolute atomic E-state index is 12.9. The number of benzene rings is 2. The van der Waals surface area contributed by atoms with Crippen LogP contribution in [0.3, 0.4) is 0 Å². The third-order valence-corrected chi connectivity index (χ3v) is 6.85. The third-order valence-electron chi connectivity index (χ3n) is 6.32. The van der Waals surface area contributed by atoms with Crippen molar-refractivity contribution in [3.05, 3.63) is 69.3 Å². The van der Waals surface area contributed by atoms with Crippen LogP contribution in [-0.2, 0) is 13.0 Å². The van der Waals surface area contributed by atoms with E-state index in [0.29, 0.717) is 12.6 Å². The van der Waals surface area contributed by atoms with Crippen LogP contribution in [0.15, 0.2) is 46.9 Å². The highest BCUT2D eigenvalue weighted by Crippen LogP contribution is 2.37. The predicted molar refractivity (Wildman–Crippen MR) is 112 cm³/mol. The zero-order valence-electron chi connectivity index (χ0n) is 15.6. The molecule has 5 rings (SSSR count). The van der Waals surface area contributed by atoms with E-state index in [9.17, 15) is 4.79 Å². The van der Waals surface area contributed by atoms with Crippen LogP contribution in [0.5, 0.6) is 0 Å². The Morgan fingerprint density at radius 1 is 1.22 bits per heavy atom. The molecule has 27 heavy (non-hydrogen) atoms. The van der Waals surface area contributed by atoms with Crippen LogP contribution in [0.1, 0.15) is 46.1 Å². The van der Waals surface area contributed by atoms with Gasteiger partial charge in [0, 0.05) is 27.4 Å². The number of carbonyl (C=O) groups excluding carboxylic acids is 1. The first-order chi connectivity index (χ1) is 13.1. The normalized spacial score (nSPS) is 21.3. The van der Waals surface area contributed by atoms with Crippen molar-refractivity contribution in [1.29, 1.82) is 0 Å². The number of nitrogens with zero attached hydrogens (tertiary/aromatic N) is 1. The molecule has 2 heterocycles. The van der Waals surface area contributed by atoms with E-state index in [1.54, 1.807) is 5.56 Å². The van der Waals surface area contributed by atoms with Gasteiger partial charge in [-0.3, -0.25) is 4.79 Å². The number of ketones is 1. The average Bonchev–Trinajstić information content (AvgIpc) is 2.99. The Balaban J connectivity index is 1.49. The van der Waals surface area contributed by atoms with Crippen molar-refractivity contribution >= 4 is 32.6 Å². The summed E-state index contributed by atoms with van der Waals surface area (Å²) in [6, 6.07) is 15.1. The molecule has 1 N–H and O–H groups in total. The summed E-state index contributed by atoms with van der Waals surface area (Å²) in [7, 11) is 0. The minimum Gasteiger partial charge on any atom is -0.334 e. The van der Waals surface area contributed by atoms with Gasteiger partial charge in [-0.1, -0.05) is 39.7 Å². The number of halogens is 1. The quantitative estimate of drug-likeness (QED) is 0.635. The van der Waals surface area contributed by atoms with Crippen molar-refractivity contribution in [2.45, 2.75) is 38.8 Å². The summed E-state index contributed by atoms with van der Waals surface area (Å²) < 4.78 is 3.56. The largest absolute Gasteiger partial charge is 0.334 e. The first-order valence-electron chi connectivity index (χ1n) is 9.87. The van der Waals surface area contributed by atoms with Gasteiger partial charge in [0.1, 0.15) is 12.6 Å². The molecule has 1 unspecified atom stereocenters. The summed E-state index contributed by atoms with van der Waals surface area (Å²) in [5.74, 6) is 0.255. The van der Waals surface area contributed by atoms with E-state index in [-0.39, 0.29) is 5.78 Å². The van der Waals surface area contributed by atoms with Crippen LogP contribution in [-0.4, -0.2) is 23.4 Å². The highest BCUT2D eigenvalue weighted by molar-refractivity contribution is 9.10. The lowest BCUT2D eigenvalue weighted by molar-refractivity contribution is -0.928. The Hall–Kier alpha value is -1.91. The fourth-order valence-corrected chi connectivity index (χ4v) is 5.33. The lowest BCUT2D eigenvalue weighted by Crippen LogP contribution is -3.14. The number of hydrogen-bond donors (Lipinski definition) is 1. The lowest BCUT2D eigenvalue weighted by atomic mass is 9.89. The molecular formula is C23H24BrN2O+.